The van der Waals surface area contributed by atoms with Crippen LogP contribution in [0, 0.1) is 3.57 Å². The summed E-state index contributed by atoms with van der Waals surface area (Å²) >= 11 is 14.1. The molecule has 0 atom stereocenters. The Hall–Kier alpha value is -0.630. The Labute approximate surface area is 134 Å². The lowest BCUT2D eigenvalue weighted by Gasteiger charge is -2.09. The van der Waals surface area contributed by atoms with Crippen LogP contribution in [-0.2, 0) is 11.3 Å². The second-order valence-corrected chi connectivity index (χ2v) is 5.67. The zero-order valence-corrected chi connectivity index (χ0v) is 13.6. The van der Waals surface area contributed by atoms with Crippen molar-refractivity contribution < 1.29 is 4.74 Å². The van der Waals surface area contributed by atoms with Crippen molar-refractivity contribution in [3.63, 3.8) is 0 Å². The average molecular weight is 410 g/mol. The molecule has 0 bridgehead atoms. The van der Waals surface area contributed by atoms with Gasteiger partial charge in [-0.05, 0) is 40.8 Å². The molecule has 0 amide bonds. The Kier molecular flexibility index (Phi) is 4.83. The van der Waals surface area contributed by atoms with Crippen molar-refractivity contribution in [2.24, 2.45) is 0 Å². The summed E-state index contributed by atoms with van der Waals surface area (Å²) in [5, 5.41) is 1.04. The van der Waals surface area contributed by atoms with Crippen LogP contribution in [0.25, 0.3) is 11.4 Å². The molecule has 0 saturated carbocycles. The highest BCUT2D eigenvalue weighted by Crippen LogP contribution is 2.30. The molecule has 0 fully saturated rings. The number of nitrogen functional groups attached to an aromatic ring is 1. The van der Waals surface area contributed by atoms with Crippen molar-refractivity contribution in [1.29, 1.82) is 0 Å². The van der Waals surface area contributed by atoms with Gasteiger partial charge in [0.05, 0.1) is 20.9 Å². The van der Waals surface area contributed by atoms with Gasteiger partial charge in [-0.25, -0.2) is 9.97 Å². The fraction of sp³-hybridized carbons (Fsp3) is 0.167. The highest BCUT2D eigenvalue weighted by molar-refractivity contribution is 14.1. The number of hydrogen-bond acceptors (Lipinski definition) is 4. The van der Waals surface area contributed by atoms with Crippen LogP contribution >= 0.6 is 45.8 Å². The van der Waals surface area contributed by atoms with Gasteiger partial charge in [-0.1, -0.05) is 23.2 Å². The third kappa shape index (κ3) is 3.28. The van der Waals surface area contributed by atoms with E-state index >= 15 is 0 Å². The Balaban J connectivity index is 2.56. The van der Waals surface area contributed by atoms with Crippen molar-refractivity contribution in [3.05, 3.63) is 37.5 Å². The fourth-order valence-corrected chi connectivity index (χ4v) is 2.43. The van der Waals surface area contributed by atoms with Crippen molar-refractivity contribution in [2.45, 2.75) is 6.61 Å². The number of rotatable bonds is 3. The predicted molar refractivity (Wildman–Crippen MR) is 85.3 cm³/mol. The van der Waals surface area contributed by atoms with E-state index in [1.54, 1.807) is 25.3 Å². The minimum atomic E-state index is 0.364. The second-order valence-electron chi connectivity index (χ2n) is 3.75. The maximum atomic E-state index is 6.15. The number of hydrogen-bond donors (Lipinski definition) is 1. The zero-order valence-electron chi connectivity index (χ0n) is 9.95. The lowest BCUT2D eigenvalue weighted by Crippen LogP contribution is -2.06. The summed E-state index contributed by atoms with van der Waals surface area (Å²) in [6, 6.07) is 5.14. The van der Waals surface area contributed by atoms with Crippen LogP contribution in [0.2, 0.25) is 10.0 Å². The van der Waals surface area contributed by atoms with E-state index in [9.17, 15) is 0 Å². The largest absolute Gasteiger partial charge is 0.383 e. The Morgan fingerprint density at radius 3 is 2.68 bits per heavy atom. The molecule has 100 valence electrons. The lowest BCUT2D eigenvalue weighted by molar-refractivity contribution is 0.181. The van der Waals surface area contributed by atoms with Crippen molar-refractivity contribution in [1.82, 2.24) is 9.97 Å². The molecule has 0 aliphatic rings. The van der Waals surface area contributed by atoms with E-state index in [2.05, 4.69) is 32.6 Å². The van der Waals surface area contributed by atoms with Crippen LogP contribution in [-0.4, -0.2) is 17.1 Å². The number of halogens is 3. The molecule has 1 heterocycles. The normalized spacial score (nSPS) is 10.7. The van der Waals surface area contributed by atoms with Gasteiger partial charge in [-0.2, -0.15) is 0 Å². The SMILES string of the molecule is COCc1nc(-c2ccc(Cl)cc2Cl)nc(N)c1I. The minimum absolute atomic E-state index is 0.364. The molecule has 0 radical (unpaired) electrons. The Morgan fingerprint density at radius 1 is 1.32 bits per heavy atom. The van der Waals surface area contributed by atoms with E-state index in [0.717, 1.165) is 9.26 Å². The third-order valence-corrected chi connectivity index (χ3v) is 4.12. The Bertz CT molecular complexity index is 622. The van der Waals surface area contributed by atoms with Crippen molar-refractivity contribution in [3.8, 4) is 11.4 Å². The maximum Gasteiger partial charge on any atom is 0.163 e. The van der Waals surface area contributed by atoms with E-state index < -0.39 is 0 Å². The molecule has 0 aliphatic carbocycles. The molecule has 19 heavy (non-hydrogen) atoms. The van der Waals surface area contributed by atoms with E-state index in [4.69, 9.17) is 33.7 Å². The number of aromatic nitrogens is 2. The first-order chi connectivity index (χ1) is 9.02. The number of methoxy groups -OCH3 is 1. The van der Waals surface area contributed by atoms with E-state index in [0.29, 0.717) is 33.9 Å². The molecule has 4 nitrogen and oxygen atoms in total. The summed E-state index contributed by atoms with van der Waals surface area (Å²) < 4.78 is 5.88. The van der Waals surface area contributed by atoms with E-state index in [1.165, 1.54) is 0 Å². The van der Waals surface area contributed by atoms with Gasteiger partial charge in [-0.3, -0.25) is 0 Å². The van der Waals surface area contributed by atoms with Crippen LogP contribution in [0.1, 0.15) is 5.69 Å². The van der Waals surface area contributed by atoms with Crippen LogP contribution in [0.4, 0.5) is 5.82 Å². The number of ether oxygens (including phenoxy) is 1. The van der Waals surface area contributed by atoms with E-state index in [1.807, 2.05) is 0 Å². The van der Waals surface area contributed by atoms with Gasteiger partial charge in [0.15, 0.2) is 5.82 Å². The predicted octanol–water partition coefficient (Wildman–Crippen LogP) is 3.78. The molecule has 7 heteroatoms. The summed E-state index contributed by atoms with van der Waals surface area (Å²) in [5.74, 6) is 0.871. The third-order valence-electron chi connectivity index (χ3n) is 2.40. The summed E-state index contributed by atoms with van der Waals surface area (Å²) in [4.78, 5) is 8.68. The standard InChI is InChI=1S/C12H10Cl2IN3O/c1-19-5-9-10(15)11(16)18-12(17-9)7-3-2-6(13)4-8(7)14/h2-4H,5H2,1H3,(H2,16,17,18). The zero-order chi connectivity index (χ0) is 14.0. The first-order valence-electron chi connectivity index (χ1n) is 5.29. The smallest absolute Gasteiger partial charge is 0.163 e. The van der Waals surface area contributed by atoms with Crippen LogP contribution < -0.4 is 5.73 Å². The topological polar surface area (TPSA) is 61.0 Å². The quantitative estimate of drug-likeness (QED) is 0.783. The number of benzene rings is 1. The first kappa shape index (κ1) is 14.8. The molecule has 0 saturated heterocycles. The van der Waals surface area contributed by atoms with Gasteiger partial charge in [0.25, 0.3) is 0 Å². The van der Waals surface area contributed by atoms with Gasteiger partial charge in [-0.15, -0.1) is 0 Å². The summed E-state index contributed by atoms with van der Waals surface area (Å²) in [6.45, 7) is 0.364. The first-order valence-corrected chi connectivity index (χ1v) is 7.12. The van der Waals surface area contributed by atoms with Gasteiger partial charge >= 0.3 is 0 Å². The summed E-state index contributed by atoms with van der Waals surface area (Å²) in [6.07, 6.45) is 0. The molecule has 2 rings (SSSR count). The van der Waals surface area contributed by atoms with Gasteiger partial charge in [0.1, 0.15) is 5.82 Å². The number of nitrogens with zero attached hydrogens (tertiary/aromatic N) is 2. The lowest BCUT2D eigenvalue weighted by atomic mass is 10.2. The van der Waals surface area contributed by atoms with Gasteiger partial charge in [0, 0.05) is 17.7 Å². The fourth-order valence-electron chi connectivity index (χ4n) is 1.54. The monoisotopic (exact) mass is 409 g/mol. The molecule has 1 aromatic heterocycles. The second kappa shape index (κ2) is 6.21. The van der Waals surface area contributed by atoms with Crippen molar-refractivity contribution in [2.75, 3.05) is 12.8 Å². The highest BCUT2D eigenvalue weighted by Gasteiger charge is 2.13. The van der Waals surface area contributed by atoms with Gasteiger partial charge < -0.3 is 10.5 Å². The van der Waals surface area contributed by atoms with Crippen LogP contribution in [0.15, 0.2) is 18.2 Å². The Morgan fingerprint density at radius 2 is 2.05 bits per heavy atom. The molecule has 0 unspecified atom stereocenters. The molecule has 0 aliphatic heterocycles. The minimum Gasteiger partial charge on any atom is -0.383 e. The molecular formula is C12H10Cl2IN3O. The maximum absolute atomic E-state index is 6.15. The highest BCUT2D eigenvalue weighted by atomic mass is 127. The van der Waals surface area contributed by atoms with Crippen molar-refractivity contribution >= 4 is 51.6 Å². The van der Waals surface area contributed by atoms with Crippen LogP contribution in [0.5, 0.6) is 0 Å². The summed E-state index contributed by atoms with van der Waals surface area (Å²) in [7, 11) is 1.60. The van der Waals surface area contributed by atoms with Gasteiger partial charge in [0.2, 0.25) is 0 Å². The summed E-state index contributed by atoms with van der Waals surface area (Å²) in [5.41, 5.74) is 7.31. The van der Waals surface area contributed by atoms with Crippen LogP contribution in [0.3, 0.4) is 0 Å². The molecule has 2 N–H and O–H groups in total. The molecule has 0 spiro atoms. The molecule has 1 aromatic carbocycles. The molecular weight excluding hydrogens is 400 g/mol. The molecule has 2 aromatic rings. The average Bonchev–Trinajstić information content (AvgIpc) is 2.35. The number of anilines is 1. The number of nitrogens with two attached hydrogens (primary N) is 1. The van der Waals surface area contributed by atoms with E-state index in [-0.39, 0.29) is 0 Å².